The van der Waals surface area contributed by atoms with Crippen molar-refractivity contribution in [1.82, 2.24) is 15.5 Å². The maximum absolute atomic E-state index is 5.31. The molecule has 1 fully saturated rings. The van der Waals surface area contributed by atoms with E-state index < -0.39 is 0 Å². The molecule has 1 atom stereocenters. The second-order valence-corrected chi connectivity index (χ2v) is 5.36. The molecule has 88 valence electrons. The van der Waals surface area contributed by atoms with Crippen LogP contribution >= 0.6 is 22.6 Å². The fourth-order valence-corrected chi connectivity index (χ4v) is 2.35. The van der Waals surface area contributed by atoms with Gasteiger partial charge >= 0.3 is 0 Å². The molecular formula is C12H12IN3O. The highest BCUT2D eigenvalue weighted by Gasteiger charge is 2.22. The Morgan fingerprint density at radius 1 is 1.29 bits per heavy atom. The van der Waals surface area contributed by atoms with Gasteiger partial charge in [-0.05, 0) is 54.1 Å². The van der Waals surface area contributed by atoms with Crippen molar-refractivity contribution in [2.24, 2.45) is 0 Å². The molecule has 1 aliphatic heterocycles. The highest BCUT2D eigenvalue weighted by atomic mass is 127. The second kappa shape index (κ2) is 4.73. The molecule has 1 aromatic heterocycles. The van der Waals surface area contributed by atoms with Crippen LogP contribution in [0.1, 0.15) is 24.8 Å². The van der Waals surface area contributed by atoms with Gasteiger partial charge in [0.25, 0.3) is 0 Å². The molecule has 4 nitrogen and oxygen atoms in total. The van der Waals surface area contributed by atoms with E-state index in [-0.39, 0.29) is 6.04 Å². The topological polar surface area (TPSA) is 51.0 Å². The number of hydrogen-bond donors (Lipinski definition) is 1. The summed E-state index contributed by atoms with van der Waals surface area (Å²) in [6.07, 6.45) is 2.25. The third-order valence-corrected chi connectivity index (χ3v) is 3.62. The van der Waals surface area contributed by atoms with Gasteiger partial charge in [0.1, 0.15) is 0 Å². The minimum absolute atomic E-state index is 0.236. The molecule has 2 aromatic rings. The second-order valence-electron chi connectivity index (χ2n) is 4.11. The summed E-state index contributed by atoms with van der Waals surface area (Å²) in [6, 6.07) is 8.34. The number of hydrogen-bond acceptors (Lipinski definition) is 4. The zero-order valence-electron chi connectivity index (χ0n) is 9.19. The van der Waals surface area contributed by atoms with Gasteiger partial charge in [-0.2, -0.15) is 4.98 Å². The van der Waals surface area contributed by atoms with E-state index in [0.29, 0.717) is 11.7 Å². The van der Waals surface area contributed by atoms with E-state index in [1.807, 2.05) is 24.3 Å². The zero-order chi connectivity index (χ0) is 11.7. The fourth-order valence-electron chi connectivity index (χ4n) is 1.99. The molecule has 5 heteroatoms. The van der Waals surface area contributed by atoms with Crippen molar-refractivity contribution in [3.8, 4) is 11.4 Å². The first-order valence-electron chi connectivity index (χ1n) is 5.66. The molecule has 1 N–H and O–H groups in total. The van der Waals surface area contributed by atoms with Crippen molar-refractivity contribution in [3.63, 3.8) is 0 Å². The number of aromatic nitrogens is 2. The van der Waals surface area contributed by atoms with Crippen LogP contribution in [0.4, 0.5) is 0 Å². The monoisotopic (exact) mass is 341 g/mol. The number of nitrogens with zero attached hydrogens (tertiary/aromatic N) is 2. The van der Waals surface area contributed by atoms with Crippen molar-refractivity contribution in [2.75, 3.05) is 6.54 Å². The molecule has 0 aliphatic carbocycles. The minimum Gasteiger partial charge on any atom is -0.337 e. The van der Waals surface area contributed by atoms with Gasteiger partial charge in [-0.1, -0.05) is 17.3 Å². The van der Waals surface area contributed by atoms with Crippen LogP contribution in [0.3, 0.4) is 0 Å². The SMILES string of the molecule is Ic1ccc(-c2noc([C@@H]3CCCN3)n2)cc1. The normalized spacial score (nSPS) is 19.7. The van der Waals surface area contributed by atoms with Gasteiger partial charge in [0.2, 0.25) is 11.7 Å². The van der Waals surface area contributed by atoms with E-state index in [1.54, 1.807) is 0 Å². The average Bonchev–Trinajstić information content (AvgIpc) is 3.00. The standard InChI is InChI=1S/C12H12IN3O/c13-9-5-3-8(4-6-9)11-15-12(17-16-11)10-2-1-7-14-10/h3-6,10,14H,1-2,7H2/t10-/m0/s1. The summed E-state index contributed by atoms with van der Waals surface area (Å²) in [4.78, 5) is 4.45. The third-order valence-electron chi connectivity index (χ3n) is 2.90. The van der Waals surface area contributed by atoms with E-state index in [0.717, 1.165) is 18.5 Å². The van der Waals surface area contributed by atoms with Crippen LogP contribution in [-0.2, 0) is 0 Å². The lowest BCUT2D eigenvalue weighted by Gasteiger charge is -2.01. The zero-order valence-corrected chi connectivity index (χ0v) is 11.3. The first-order chi connectivity index (χ1) is 8.33. The van der Waals surface area contributed by atoms with E-state index in [2.05, 4.69) is 38.0 Å². The van der Waals surface area contributed by atoms with Crippen LogP contribution in [0.2, 0.25) is 0 Å². The smallest absolute Gasteiger partial charge is 0.244 e. The Kier molecular flexibility index (Phi) is 3.11. The first-order valence-corrected chi connectivity index (χ1v) is 6.74. The summed E-state index contributed by atoms with van der Waals surface area (Å²) in [6.45, 7) is 1.03. The van der Waals surface area contributed by atoms with Gasteiger partial charge in [-0.15, -0.1) is 0 Å². The molecule has 3 rings (SSSR count). The summed E-state index contributed by atoms with van der Waals surface area (Å²) >= 11 is 2.28. The predicted molar refractivity (Wildman–Crippen MR) is 72.4 cm³/mol. The molecule has 1 aliphatic rings. The summed E-state index contributed by atoms with van der Waals surface area (Å²) in [7, 11) is 0. The Labute approximate surface area is 113 Å². The van der Waals surface area contributed by atoms with Crippen LogP contribution in [0.25, 0.3) is 11.4 Å². The summed E-state index contributed by atoms with van der Waals surface area (Å²) in [5.41, 5.74) is 0.999. The molecule has 0 saturated carbocycles. The highest BCUT2D eigenvalue weighted by molar-refractivity contribution is 14.1. The molecule has 1 saturated heterocycles. The van der Waals surface area contributed by atoms with Crippen LogP contribution in [-0.4, -0.2) is 16.7 Å². The van der Waals surface area contributed by atoms with E-state index >= 15 is 0 Å². The molecule has 17 heavy (non-hydrogen) atoms. The molecule has 0 unspecified atom stereocenters. The number of benzene rings is 1. The van der Waals surface area contributed by atoms with Gasteiger partial charge < -0.3 is 9.84 Å². The van der Waals surface area contributed by atoms with Gasteiger partial charge in [0.15, 0.2) is 0 Å². The van der Waals surface area contributed by atoms with Crippen molar-refractivity contribution >= 4 is 22.6 Å². The summed E-state index contributed by atoms with van der Waals surface area (Å²) in [5, 5.41) is 7.38. The van der Waals surface area contributed by atoms with Crippen LogP contribution in [0, 0.1) is 3.57 Å². The van der Waals surface area contributed by atoms with Crippen molar-refractivity contribution in [2.45, 2.75) is 18.9 Å². The van der Waals surface area contributed by atoms with Gasteiger partial charge in [0, 0.05) is 9.13 Å². The molecule has 0 radical (unpaired) electrons. The van der Waals surface area contributed by atoms with E-state index in [4.69, 9.17) is 4.52 Å². The lowest BCUT2D eigenvalue weighted by atomic mass is 10.2. The molecule has 1 aromatic carbocycles. The van der Waals surface area contributed by atoms with Gasteiger partial charge in [-0.25, -0.2) is 0 Å². The Hall–Kier alpha value is -0.950. The molecule has 2 heterocycles. The Bertz CT molecular complexity index is 503. The lowest BCUT2D eigenvalue weighted by molar-refractivity contribution is 0.345. The molecule has 0 bridgehead atoms. The maximum Gasteiger partial charge on any atom is 0.244 e. The van der Waals surface area contributed by atoms with Crippen LogP contribution in [0.5, 0.6) is 0 Å². The number of rotatable bonds is 2. The molecular weight excluding hydrogens is 329 g/mol. The summed E-state index contributed by atoms with van der Waals surface area (Å²) < 4.78 is 6.51. The van der Waals surface area contributed by atoms with Gasteiger partial charge in [0.05, 0.1) is 6.04 Å². The van der Waals surface area contributed by atoms with E-state index in [1.165, 1.54) is 9.99 Å². The summed E-state index contributed by atoms with van der Waals surface area (Å²) in [5.74, 6) is 1.38. The fraction of sp³-hybridized carbons (Fsp3) is 0.333. The Morgan fingerprint density at radius 3 is 2.82 bits per heavy atom. The van der Waals surface area contributed by atoms with Crippen molar-refractivity contribution < 1.29 is 4.52 Å². The highest BCUT2D eigenvalue weighted by Crippen LogP contribution is 2.24. The Morgan fingerprint density at radius 2 is 2.12 bits per heavy atom. The van der Waals surface area contributed by atoms with Crippen LogP contribution < -0.4 is 5.32 Å². The van der Waals surface area contributed by atoms with Crippen molar-refractivity contribution in [1.29, 1.82) is 0 Å². The number of halogens is 1. The Balaban J connectivity index is 1.86. The van der Waals surface area contributed by atoms with E-state index in [9.17, 15) is 0 Å². The molecule has 0 spiro atoms. The quantitative estimate of drug-likeness (QED) is 0.854. The van der Waals surface area contributed by atoms with Gasteiger partial charge in [-0.3, -0.25) is 0 Å². The molecule has 0 amide bonds. The first kappa shape index (κ1) is 11.2. The largest absolute Gasteiger partial charge is 0.337 e. The minimum atomic E-state index is 0.236. The lowest BCUT2D eigenvalue weighted by Crippen LogP contribution is -2.12. The predicted octanol–water partition coefficient (Wildman–Crippen LogP) is 2.77. The van der Waals surface area contributed by atoms with Crippen molar-refractivity contribution in [3.05, 3.63) is 33.7 Å². The number of nitrogens with one attached hydrogen (secondary N) is 1. The van der Waals surface area contributed by atoms with Crippen LogP contribution in [0.15, 0.2) is 28.8 Å². The maximum atomic E-state index is 5.31. The third kappa shape index (κ3) is 2.35. The average molecular weight is 341 g/mol.